The summed E-state index contributed by atoms with van der Waals surface area (Å²) < 4.78 is 21.5. The Labute approximate surface area is 269 Å². The molecular weight excluding hydrogens is 583 g/mol. The number of phenolic OH excluding ortho intramolecular Hbond substituents is 1. The molecule has 2 aromatic heterocycles. The fraction of sp³-hybridized carbons (Fsp3) is 0.417. The first-order valence-corrected chi connectivity index (χ1v) is 15.8. The lowest BCUT2D eigenvalue weighted by molar-refractivity contribution is 0.0929. The number of phenols is 1. The van der Waals surface area contributed by atoms with Gasteiger partial charge in [0.05, 0.1) is 34.0 Å². The molecule has 0 spiro atoms. The predicted molar refractivity (Wildman–Crippen MR) is 180 cm³/mol. The number of hydrogen-bond donors (Lipinski definition) is 3. The van der Waals surface area contributed by atoms with Crippen LogP contribution < -0.4 is 20.3 Å². The fourth-order valence-electron chi connectivity index (χ4n) is 6.94. The van der Waals surface area contributed by atoms with Crippen molar-refractivity contribution in [1.29, 1.82) is 0 Å². The molecule has 2 bridgehead atoms. The first-order chi connectivity index (χ1) is 21.9. The maximum absolute atomic E-state index is 15.1. The number of pyridine rings is 2. The zero-order valence-corrected chi connectivity index (χ0v) is 27.2. The van der Waals surface area contributed by atoms with Crippen LogP contribution in [0.25, 0.3) is 32.9 Å². The number of aromatic nitrogens is 2. The lowest BCUT2D eigenvalue weighted by Crippen LogP contribution is -2.51. The largest absolute Gasteiger partial charge is 0.508 e. The standard InChI is InChI=1S/C36H41FN6O3/c1-8-26-28(37)12-9-22-13-25(44)14-27(31(22)26)33-21(5)34-32(36(41-33)46-19(2)3)30(43-17-23-10-11-24(18-43)39-23)15-29(40-34)35(45)38-20(4)16-42(6)7/h1,9,12-15,19-20,23-24,39,44H,10-11,16-18H2,2-7H3,(H,38,45)/t20-,23?,24?/m1/s1. The van der Waals surface area contributed by atoms with E-state index >= 15 is 4.39 Å². The van der Waals surface area contributed by atoms with Gasteiger partial charge in [0.2, 0.25) is 5.88 Å². The van der Waals surface area contributed by atoms with Crippen LogP contribution in [-0.4, -0.2) is 83.8 Å². The fourth-order valence-corrected chi connectivity index (χ4v) is 6.94. The molecule has 0 aliphatic carbocycles. The van der Waals surface area contributed by atoms with Crippen LogP contribution in [0.4, 0.5) is 10.1 Å². The van der Waals surface area contributed by atoms with Gasteiger partial charge in [0.15, 0.2) is 0 Å². The summed E-state index contributed by atoms with van der Waals surface area (Å²) in [4.78, 5) is 28.1. The highest BCUT2D eigenvalue weighted by atomic mass is 19.1. The van der Waals surface area contributed by atoms with E-state index in [0.717, 1.165) is 31.6 Å². The Bertz CT molecular complexity index is 1870. The minimum absolute atomic E-state index is 0.0161. The summed E-state index contributed by atoms with van der Waals surface area (Å²) in [7, 11) is 3.93. The third kappa shape index (κ3) is 5.93. The molecule has 2 aromatic carbocycles. The van der Waals surface area contributed by atoms with E-state index in [4.69, 9.17) is 21.1 Å². The summed E-state index contributed by atoms with van der Waals surface area (Å²) in [5.41, 5.74) is 3.28. The Kier molecular flexibility index (Phi) is 8.49. The molecule has 1 amide bonds. The zero-order chi connectivity index (χ0) is 32.9. The van der Waals surface area contributed by atoms with E-state index in [1.165, 1.54) is 12.1 Å². The van der Waals surface area contributed by atoms with Crippen molar-refractivity contribution in [3.05, 3.63) is 53.0 Å². The molecular formula is C36H41FN6O3. The van der Waals surface area contributed by atoms with Crippen LogP contribution in [-0.2, 0) is 0 Å². The lowest BCUT2D eigenvalue weighted by Gasteiger charge is -2.35. The summed E-state index contributed by atoms with van der Waals surface area (Å²) in [6.07, 6.45) is 7.77. The Hall–Kier alpha value is -4.46. The molecule has 2 unspecified atom stereocenters. The molecule has 2 fully saturated rings. The number of aromatic hydroxyl groups is 1. The van der Waals surface area contributed by atoms with Crippen molar-refractivity contribution in [2.75, 3.05) is 38.6 Å². The number of aryl methyl sites for hydroxylation is 1. The molecule has 2 aliphatic heterocycles. The number of rotatable bonds is 8. The van der Waals surface area contributed by atoms with Gasteiger partial charge in [-0.25, -0.2) is 14.4 Å². The minimum Gasteiger partial charge on any atom is -0.508 e. The van der Waals surface area contributed by atoms with Gasteiger partial charge in [-0.2, -0.15) is 0 Å². The molecule has 4 aromatic rings. The molecule has 240 valence electrons. The van der Waals surface area contributed by atoms with Crippen LogP contribution in [0.5, 0.6) is 11.6 Å². The number of carbonyl (C=O) groups excluding carboxylic acids is 1. The van der Waals surface area contributed by atoms with Crippen molar-refractivity contribution in [1.82, 2.24) is 25.5 Å². The van der Waals surface area contributed by atoms with Gasteiger partial charge in [0.25, 0.3) is 5.91 Å². The third-order valence-corrected chi connectivity index (χ3v) is 8.74. The number of nitrogens with zero attached hydrogens (tertiary/aromatic N) is 4. The highest BCUT2D eigenvalue weighted by Crippen LogP contribution is 2.43. The summed E-state index contributed by atoms with van der Waals surface area (Å²) in [5, 5.41) is 19.3. The first kappa shape index (κ1) is 31.5. The molecule has 3 atom stereocenters. The van der Waals surface area contributed by atoms with E-state index in [1.807, 2.05) is 52.8 Å². The second-order valence-electron chi connectivity index (χ2n) is 13.1. The molecule has 10 heteroatoms. The van der Waals surface area contributed by atoms with Gasteiger partial charge in [0, 0.05) is 54.3 Å². The summed E-state index contributed by atoms with van der Waals surface area (Å²) >= 11 is 0. The lowest BCUT2D eigenvalue weighted by atomic mass is 9.93. The third-order valence-electron chi connectivity index (χ3n) is 8.74. The molecule has 3 N–H and O–H groups in total. The molecule has 6 rings (SSSR count). The van der Waals surface area contributed by atoms with Crippen LogP contribution in [0.2, 0.25) is 0 Å². The molecule has 9 nitrogen and oxygen atoms in total. The summed E-state index contributed by atoms with van der Waals surface area (Å²) in [6.45, 7) is 9.91. The Morgan fingerprint density at radius 1 is 1.17 bits per heavy atom. The van der Waals surface area contributed by atoms with Crippen molar-refractivity contribution in [3.8, 4) is 35.2 Å². The maximum atomic E-state index is 15.1. The topological polar surface area (TPSA) is 103 Å². The van der Waals surface area contributed by atoms with E-state index in [-0.39, 0.29) is 35.1 Å². The smallest absolute Gasteiger partial charge is 0.270 e. The number of hydrogen-bond acceptors (Lipinski definition) is 8. The summed E-state index contributed by atoms with van der Waals surface area (Å²) in [6, 6.07) is 8.41. The molecule has 46 heavy (non-hydrogen) atoms. The number of nitrogens with one attached hydrogen (secondary N) is 2. The van der Waals surface area contributed by atoms with E-state index < -0.39 is 5.82 Å². The van der Waals surface area contributed by atoms with E-state index in [9.17, 15) is 9.90 Å². The number of carbonyl (C=O) groups is 1. The number of halogens is 1. The number of amides is 1. The SMILES string of the molecule is C#Cc1c(F)ccc2cc(O)cc(-c3nc(OC(C)C)c4c(N5CC6CCC(C5)N6)cc(C(=O)N[C@H](C)CN(C)C)nc4c3C)c12. The van der Waals surface area contributed by atoms with Gasteiger partial charge in [0.1, 0.15) is 17.3 Å². The number of terminal acetylenes is 1. The monoisotopic (exact) mass is 624 g/mol. The number of benzene rings is 2. The average Bonchev–Trinajstić information content (AvgIpc) is 3.33. The van der Waals surface area contributed by atoms with E-state index in [1.54, 1.807) is 12.1 Å². The molecule has 0 radical (unpaired) electrons. The van der Waals surface area contributed by atoms with Crippen molar-refractivity contribution in [2.24, 2.45) is 0 Å². The first-order valence-electron chi connectivity index (χ1n) is 15.8. The Balaban J connectivity index is 1.64. The van der Waals surface area contributed by atoms with Crippen LogP contribution >= 0.6 is 0 Å². The van der Waals surface area contributed by atoms with Crippen LogP contribution in [0, 0.1) is 25.1 Å². The molecule has 2 aliphatic rings. The van der Waals surface area contributed by atoms with Crippen LogP contribution in [0.3, 0.4) is 0 Å². The van der Waals surface area contributed by atoms with Gasteiger partial charge < -0.3 is 30.3 Å². The van der Waals surface area contributed by atoms with Gasteiger partial charge in [-0.3, -0.25) is 4.79 Å². The number of piperazine rings is 1. The second kappa shape index (κ2) is 12.4. The Morgan fingerprint density at radius 2 is 1.89 bits per heavy atom. The van der Waals surface area contributed by atoms with Crippen molar-refractivity contribution in [2.45, 2.75) is 64.8 Å². The summed E-state index contributed by atoms with van der Waals surface area (Å²) in [5.74, 6) is 2.00. The zero-order valence-electron chi connectivity index (χ0n) is 27.2. The predicted octanol–water partition coefficient (Wildman–Crippen LogP) is 4.99. The molecule has 2 saturated heterocycles. The van der Waals surface area contributed by atoms with Crippen LogP contribution in [0.1, 0.15) is 55.2 Å². The van der Waals surface area contributed by atoms with E-state index in [0.29, 0.717) is 63.0 Å². The van der Waals surface area contributed by atoms with Gasteiger partial charge >= 0.3 is 0 Å². The van der Waals surface area contributed by atoms with Crippen molar-refractivity contribution < 1.29 is 19.0 Å². The van der Waals surface area contributed by atoms with E-state index in [2.05, 4.69) is 21.5 Å². The highest BCUT2D eigenvalue weighted by Gasteiger charge is 2.35. The maximum Gasteiger partial charge on any atom is 0.270 e. The number of ether oxygens (including phenoxy) is 1. The quantitative estimate of drug-likeness (QED) is 0.236. The van der Waals surface area contributed by atoms with Crippen molar-refractivity contribution in [3.63, 3.8) is 0 Å². The Morgan fingerprint density at radius 3 is 2.54 bits per heavy atom. The number of anilines is 1. The minimum atomic E-state index is -0.543. The van der Waals surface area contributed by atoms with Crippen LogP contribution in [0.15, 0.2) is 30.3 Å². The number of likely N-dealkylation sites (N-methyl/N-ethyl adjacent to an activating group) is 1. The van der Waals surface area contributed by atoms with Gasteiger partial charge in [-0.1, -0.05) is 12.0 Å². The average molecular weight is 625 g/mol. The normalized spacial score (nSPS) is 18.4. The van der Waals surface area contributed by atoms with Gasteiger partial charge in [-0.15, -0.1) is 6.42 Å². The van der Waals surface area contributed by atoms with Gasteiger partial charge in [-0.05, 0) is 84.3 Å². The number of fused-ring (bicyclic) bond motifs is 4. The van der Waals surface area contributed by atoms with Crippen molar-refractivity contribution >= 4 is 33.3 Å². The molecule has 4 heterocycles. The molecule has 0 saturated carbocycles. The highest BCUT2D eigenvalue weighted by molar-refractivity contribution is 6.07. The second-order valence-corrected chi connectivity index (χ2v) is 13.1.